The molecular weight excluding hydrogens is 322 g/mol. The third-order valence-corrected chi connectivity index (χ3v) is 4.44. The number of aromatic nitrogens is 3. The molecule has 2 heterocycles. The second kappa shape index (κ2) is 5.82. The number of aliphatic hydroxyl groups is 1. The number of amides is 1. The molecule has 0 spiro atoms. The molecule has 1 aliphatic rings. The number of ketones is 1. The second-order valence-corrected chi connectivity index (χ2v) is 6.15. The number of carbonyl (C=O) groups excluding carboxylic acids is 2. The molecule has 0 fully saturated rings. The van der Waals surface area contributed by atoms with Crippen molar-refractivity contribution in [2.24, 2.45) is 11.7 Å². The Morgan fingerprint density at radius 1 is 1.36 bits per heavy atom. The summed E-state index contributed by atoms with van der Waals surface area (Å²) in [5.41, 5.74) is 13.9. The van der Waals surface area contributed by atoms with Gasteiger partial charge in [0.2, 0.25) is 0 Å². The molecule has 0 saturated heterocycles. The molecule has 1 aliphatic carbocycles. The molecular formula is C17H19N5O3. The monoisotopic (exact) mass is 341 g/mol. The molecule has 8 heteroatoms. The summed E-state index contributed by atoms with van der Waals surface area (Å²) < 4.78 is 1.58. The van der Waals surface area contributed by atoms with Crippen molar-refractivity contribution < 1.29 is 14.7 Å². The van der Waals surface area contributed by atoms with Gasteiger partial charge in [-0.25, -0.2) is 9.97 Å². The van der Waals surface area contributed by atoms with Crippen LogP contribution in [0.25, 0.3) is 16.9 Å². The quantitative estimate of drug-likeness (QED) is 0.715. The highest BCUT2D eigenvalue weighted by Crippen LogP contribution is 2.36. The number of aliphatic hydroxyl groups excluding tert-OH is 1. The van der Waals surface area contributed by atoms with Crippen LogP contribution < -0.4 is 11.5 Å². The van der Waals surface area contributed by atoms with Gasteiger partial charge >= 0.3 is 0 Å². The Balaban J connectivity index is 2.41. The minimum Gasteiger partial charge on any atom is -0.388 e. The van der Waals surface area contributed by atoms with E-state index in [0.29, 0.717) is 11.3 Å². The number of nitrogens with two attached hydrogens (primary N) is 2. The van der Waals surface area contributed by atoms with Crippen LogP contribution in [0.1, 0.15) is 41.6 Å². The van der Waals surface area contributed by atoms with Crippen LogP contribution in [-0.4, -0.2) is 37.4 Å². The summed E-state index contributed by atoms with van der Waals surface area (Å²) in [7, 11) is 0. The maximum Gasteiger partial charge on any atom is 0.254 e. The molecule has 1 amide bonds. The van der Waals surface area contributed by atoms with E-state index in [1.54, 1.807) is 16.7 Å². The van der Waals surface area contributed by atoms with E-state index in [4.69, 9.17) is 11.5 Å². The van der Waals surface area contributed by atoms with Gasteiger partial charge in [0.1, 0.15) is 22.6 Å². The number of allylic oxidation sites excluding steroid dienone is 2. The van der Waals surface area contributed by atoms with Gasteiger partial charge in [0, 0.05) is 18.5 Å². The van der Waals surface area contributed by atoms with Crippen molar-refractivity contribution in [2.45, 2.75) is 26.9 Å². The van der Waals surface area contributed by atoms with Gasteiger partial charge in [-0.3, -0.25) is 14.2 Å². The van der Waals surface area contributed by atoms with Crippen molar-refractivity contribution in [3.05, 3.63) is 35.2 Å². The Hall–Kier alpha value is -3.00. The maximum absolute atomic E-state index is 11.9. The lowest BCUT2D eigenvalue weighted by Crippen LogP contribution is -2.24. The van der Waals surface area contributed by atoms with Crippen molar-refractivity contribution in [3.63, 3.8) is 0 Å². The summed E-state index contributed by atoms with van der Waals surface area (Å²) in [5.74, 6) is -1.23. The van der Waals surface area contributed by atoms with Gasteiger partial charge in [-0.1, -0.05) is 19.1 Å². The number of Topliss-reactive ketones (excluding diaryl/α,β-unsaturated/α-hetero) is 1. The largest absolute Gasteiger partial charge is 0.388 e. The molecule has 0 saturated carbocycles. The zero-order valence-corrected chi connectivity index (χ0v) is 14.1. The Labute approximate surface area is 143 Å². The van der Waals surface area contributed by atoms with Crippen LogP contribution in [0.4, 0.5) is 5.82 Å². The fourth-order valence-corrected chi connectivity index (χ4v) is 3.11. The number of nitrogen functional groups attached to an aromatic ring is 1. The molecule has 2 aromatic rings. The summed E-state index contributed by atoms with van der Waals surface area (Å²) in [4.78, 5) is 32.1. The molecule has 0 bridgehead atoms. The first-order valence-electron chi connectivity index (χ1n) is 7.79. The molecule has 3 rings (SSSR count). The highest BCUT2D eigenvalue weighted by atomic mass is 16.3. The third kappa shape index (κ3) is 2.51. The van der Waals surface area contributed by atoms with Crippen LogP contribution in [0.15, 0.2) is 23.9 Å². The van der Waals surface area contributed by atoms with Crippen LogP contribution in [0.2, 0.25) is 0 Å². The fraction of sp³-hybridized carbons (Fsp3) is 0.294. The number of hydrogen-bond acceptors (Lipinski definition) is 6. The molecule has 0 aliphatic heterocycles. The van der Waals surface area contributed by atoms with Crippen LogP contribution >= 0.6 is 0 Å². The second-order valence-electron chi connectivity index (χ2n) is 6.15. The van der Waals surface area contributed by atoms with Gasteiger partial charge in [-0.15, -0.1) is 0 Å². The van der Waals surface area contributed by atoms with Crippen molar-refractivity contribution >= 4 is 34.4 Å². The predicted octanol–water partition coefficient (Wildman–Crippen LogP) is 1.11. The minimum atomic E-state index is -0.756. The number of nitrogens with zero attached hydrogens (tertiary/aromatic N) is 3. The van der Waals surface area contributed by atoms with E-state index in [2.05, 4.69) is 9.97 Å². The fourth-order valence-electron chi connectivity index (χ4n) is 3.11. The van der Waals surface area contributed by atoms with Crippen molar-refractivity contribution in [3.8, 4) is 0 Å². The standard InChI is InChI=1S/C17H19N5O3/c1-7-4-5-11(24)8(2)14(7)22-15(18)12(16(19)25)13-17(22)20-6-10(21-13)9(3)23/h4-6,8,11,24H,18H2,1-3H3,(H2,19,25). The Morgan fingerprint density at radius 3 is 2.64 bits per heavy atom. The molecule has 2 unspecified atom stereocenters. The van der Waals surface area contributed by atoms with E-state index < -0.39 is 12.0 Å². The summed E-state index contributed by atoms with van der Waals surface area (Å²) in [6.45, 7) is 5.08. The van der Waals surface area contributed by atoms with Gasteiger partial charge in [0.15, 0.2) is 11.4 Å². The van der Waals surface area contributed by atoms with Crippen LogP contribution in [0.3, 0.4) is 0 Å². The SMILES string of the molecule is CC(=O)c1cnc2c(n1)c(C(N)=O)c(N)n2C1=C(C)C=CC(O)C1C. The first-order chi connectivity index (χ1) is 11.7. The number of primary amides is 1. The molecule has 5 N–H and O–H groups in total. The van der Waals surface area contributed by atoms with Gasteiger partial charge < -0.3 is 16.6 Å². The van der Waals surface area contributed by atoms with E-state index in [1.165, 1.54) is 13.1 Å². The summed E-state index contributed by atoms with van der Waals surface area (Å²) in [6.07, 6.45) is 4.12. The zero-order chi connectivity index (χ0) is 18.5. The minimum absolute atomic E-state index is 0.0159. The maximum atomic E-state index is 11.9. The lowest BCUT2D eigenvalue weighted by Gasteiger charge is -2.27. The lowest BCUT2D eigenvalue weighted by atomic mass is 9.91. The van der Waals surface area contributed by atoms with Crippen LogP contribution in [0, 0.1) is 5.92 Å². The molecule has 2 atom stereocenters. The molecule has 0 aromatic carbocycles. The van der Waals surface area contributed by atoms with Crippen LogP contribution in [-0.2, 0) is 0 Å². The van der Waals surface area contributed by atoms with Crippen molar-refractivity contribution in [2.75, 3.05) is 5.73 Å². The van der Waals surface area contributed by atoms with E-state index in [0.717, 1.165) is 5.57 Å². The smallest absolute Gasteiger partial charge is 0.254 e. The van der Waals surface area contributed by atoms with Gasteiger partial charge in [0.05, 0.1) is 12.3 Å². The Bertz CT molecular complexity index is 970. The number of carbonyl (C=O) groups is 2. The first-order valence-corrected chi connectivity index (χ1v) is 7.79. The summed E-state index contributed by atoms with van der Waals surface area (Å²) in [5, 5.41) is 10.2. The summed E-state index contributed by atoms with van der Waals surface area (Å²) in [6, 6.07) is 0. The van der Waals surface area contributed by atoms with Crippen molar-refractivity contribution in [1.29, 1.82) is 0 Å². The first kappa shape index (κ1) is 16.8. The third-order valence-electron chi connectivity index (χ3n) is 4.44. The molecule has 0 radical (unpaired) electrons. The molecule has 25 heavy (non-hydrogen) atoms. The van der Waals surface area contributed by atoms with Crippen molar-refractivity contribution in [1.82, 2.24) is 14.5 Å². The van der Waals surface area contributed by atoms with Gasteiger partial charge in [-0.05, 0) is 12.5 Å². The number of anilines is 1. The number of hydrogen-bond donors (Lipinski definition) is 3. The molecule has 8 nitrogen and oxygen atoms in total. The Kier molecular flexibility index (Phi) is 3.92. The van der Waals surface area contributed by atoms with E-state index in [9.17, 15) is 14.7 Å². The average molecular weight is 341 g/mol. The normalized spacial score (nSPS) is 20.3. The molecule has 130 valence electrons. The molecule has 2 aromatic heterocycles. The van der Waals surface area contributed by atoms with E-state index in [1.807, 2.05) is 13.8 Å². The zero-order valence-electron chi connectivity index (χ0n) is 14.1. The van der Waals surface area contributed by atoms with E-state index >= 15 is 0 Å². The van der Waals surface area contributed by atoms with Gasteiger partial charge in [-0.2, -0.15) is 0 Å². The predicted molar refractivity (Wildman–Crippen MR) is 93.7 cm³/mol. The van der Waals surface area contributed by atoms with Crippen LogP contribution in [0.5, 0.6) is 0 Å². The number of fused-ring (bicyclic) bond motifs is 1. The average Bonchev–Trinajstić information content (AvgIpc) is 2.83. The van der Waals surface area contributed by atoms with Gasteiger partial charge in [0.25, 0.3) is 5.91 Å². The number of rotatable bonds is 3. The highest BCUT2D eigenvalue weighted by molar-refractivity contribution is 6.10. The lowest BCUT2D eigenvalue weighted by molar-refractivity contribution is 0.0994. The topological polar surface area (TPSA) is 137 Å². The Morgan fingerprint density at radius 2 is 2.04 bits per heavy atom. The van der Waals surface area contributed by atoms with E-state index in [-0.39, 0.29) is 34.3 Å². The summed E-state index contributed by atoms with van der Waals surface area (Å²) >= 11 is 0. The highest BCUT2D eigenvalue weighted by Gasteiger charge is 2.30.